The van der Waals surface area contributed by atoms with E-state index in [4.69, 9.17) is 0 Å². The molecular weight excluding hydrogens is 386 g/mol. The SMILES string of the molecule is CNc1cc(C)ncc1C(=O)Nc1ccc(Br)cc1Br. The number of pyridine rings is 1. The van der Waals surface area contributed by atoms with Crippen LogP contribution in [0, 0.1) is 6.92 Å². The summed E-state index contributed by atoms with van der Waals surface area (Å²) in [5.41, 5.74) is 2.83. The van der Waals surface area contributed by atoms with Crippen molar-refractivity contribution < 1.29 is 4.79 Å². The Balaban J connectivity index is 2.28. The van der Waals surface area contributed by atoms with E-state index in [1.165, 1.54) is 0 Å². The van der Waals surface area contributed by atoms with Gasteiger partial charge in [0.2, 0.25) is 0 Å². The third-order valence-corrected chi connectivity index (χ3v) is 3.88. The lowest BCUT2D eigenvalue weighted by Gasteiger charge is -2.11. The van der Waals surface area contributed by atoms with Crippen molar-refractivity contribution >= 4 is 49.1 Å². The van der Waals surface area contributed by atoms with Crippen LogP contribution in [0.1, 0.15) is 16.1 Å². The van der Waals surface area contributed by atoms with Gasteiger partial charge in [0.25, 0.3) is 5.91 Å². The smallest absolute Gasteiger partial charge is 0.259 e. The number of benzene rings is 1. The van der Waals surface area contributed by atoms with Gasteiger partial charge in [-0.3, -0.25) is 9.78 Å². The van der Waals surface area contributed by atoms with Crippen molar-refractivity contribution in [1.82, 2.24) is 4.98 Å². The molecule has 0 spiro atoms. The van der Waals surface area contributed by atoms with Crippen LogP contribution in [0.2, 0.25) is 0 Å². The number of carbonyl (C=O) groups is 1. The second-order valence-corrected chi connectivity index (χ2v) is 5.97. The highest BCUT2D eigenvalue weighted by atomic mass is 79.9. The Morgan fingerprint density at radius 3 is 2.60 bits per heavy atom. The number of rotatable bonds is 3. The lowest BCUT2D eigenvalue weighted by molar-refractivity contribution is 0.102. The number of carbonyl (C=O) groups excluding carboxylic acids is 1. The molecule has 20 heavy (non-hydrogen) atoms. The fourth-order valence-corrected chi connectivity index (χ4v) is 2.87. The number of amides is 1. The summed E-state index contributed by atoms with van der Waals surface area (Å²) in [6.45, 7) is 1.88. The van der Waals surface area contributed by atoms with Gasteiger partial charge in [0.1, 0.15) is 0 Å². The molecule has 0 saturated heterocycles. The van der Waals surface area contributed by atoms with Crippen molar-refractivity contribution in [3.8, 4) is 0 Å². The maximum atomic E-state index is 12.3. The lowest BCUT2D eigenvalue weighted by Crippen LogP contribution is -2.15. The standard InChI is InChI=1S/C14H13Br2N3O/c1-8-5-13(17-2)10(7-18-8)14(20)19-12-4-3-9(15)6-11(12)16/h3-7H,1-2H3,(H,17,18)(H,19,20). The molecule has 0 saturated carbocycles. The number of halogens is 2. The van der Waals surface area contributed by atoms with Gasteiger partial charge in [-0.15, -0.1) is 0 Å². The molecule has 1 aromatic carbocycles. The van der Waals surface area contributed by atoms with Crippen LogP contribution < -0.4 is 10.6 Å². The third-order valence-electron chi connectivity index (χ3n) is 2.73. The molecule has 0 aliphatic heterocycles. The minimum absolute atomic E-state index is 0.204. The first-order valence-corrected chi connectivity index (χ1v) is 7.50. The summed E-state index contributed by atoms with van der Waals surface area (Å²) in [4.78, 5) is 16.5. The van der Waals surface area contributed by atoms with Crippen molar-refractivity contribution in [2.45, 2.75) is 6.92 Å². The highest BCUT2D eigenvalue weighted by molar-refractivity contribution is 9.11. The monoisotopic (exact) mass is 397 g/mol. The van der Waals surface area contributed by atoms with Crippen LogP contribution in [0.5, 0.6) is 0 Å². The number of aromatic nitrogens is 1. The fraction of sp³-hybridized carbons (Fsp3) is 0.143. The third kappa shape index (κ3) is 3.37. The Morgan fingerprint density at radius 2 is 1.95 bits per heavy atom. The van der Waals surface area contributed by atoms with Gasteiger partial charge in [0, 0.05) is 27.9 Å². The van der Waals surface area contributed by atoms with Gasteiger partial charge in [0.15, 0.2) is 0 Å². The molecule has 6 heteroatoms. The molecule has 4 nitrogen and oxygen atoms in total. The van der Waals surface area contributed by atoms with Crippen LogP contribution in [0.15, 0.2) is 39.4 Å². The summed E-state index contributed by atoms with van der Waals surface area (Å²) >= 11 is 6.79. The molecule has 1 heterocycles. The predicted octanol–water partition coefficient (Wildman–Crippen LogP) is 4.21. The van der Waals surface area contributed by atoms with E-state index < -0.39 is 0 Å². The van der Waals surface area contributed by atoms with Crippen molar-refractivity contribution in [3.63, 3.8) is 0 Å². The molecule has 0 bridgehead atoms. The van der Waals surface area contributed by atoms with E-state index in [0.29, 0.717) is 11.3 Å². The highest BCUT2D eigenvalue weighted by Gasteiger charge is 2.13. The summed E-state index contributed by atoms with van der Waals surface area (Å²) in [5.74, 6) is -0.204. The molecule has 1 amide bonds. The van der Waals surface area contributed by atoms with Gasteiger partial charge >= 0.3 is 0 Å². The van der Waals surface area contributed by atoms with Crippen LogP contribution in [0.4, 0.5) is 11.4 Å². The minimum atomic E-state index is -0.204. The molecule has 2 aromatic rings. The number of hydrogen-bond donors (Lipinski definition) is 2. The predicted molar refractivity (Wildman–Crippen MR) is 88.3 cm³/mol. The van der Waals surface area contributed by atoms with Gasteiger partial charge < -0.3 is 10.6 Å². The first kappa shape index (κ1) is 15.0. The van der Waals surface area contributed by atoms with Crippen molar-refractivity contribution in [3.05, 3.63) is 50.7 Å². The largest absolute Gasteiger partial charge is 0.387 e. The number of aryl methyl sites for hydroxylation is 1. The zero-order valence-corrected chi connectivity index (χ0v) is 14.2. The second kappa shape index (κ2) is 6.37. The molecule has 0 fully saturated rings. The van der Waals surface area contributed by atoms with E-state index in [1.807, 2.05) is 31.2 Å². The average Bonchev–Trinajstić information content (AvgIpc) is 2.41. The van der Waals surface area contributed by atoms with Crippen molar-refractivity contribution in [1.29, 1.82) is 0 Å². The molecular formula is C14H13Br2N3O. The van der Waals surface area contributed by atoms with Gasteiger partial charge in [0.05, 0.1) is 16.9 Å². The molecule has 0 aliphatic carbocycles. The maximum Gasteiger partial charge on any atom is 0.259 e. The van der Waals surface area contributed by atoms with Crippen molar-refractivity contribution in [2.24, 2.45) is 0 Å². The Labute approximate surface area is 134 Å². The zero-order chi connectivity index (χ0) is 14.7. The van der Waals surface area contributed by atoms with E-state index in [1.54, 1.807) is 13.2 Å². The van der Waals surface area contributed by atoms with Gasteiger partial charge in [-0.1, -0.05) is 15.9 Å². The van der Waals surface area contributed by atoms with Crippen molar-refractivity contribution in [2.75, 3.05) is 17.7 Å². The van der Waals surface area contributed by atoms with Gasteiger partial charge in [-0.2, -0.15) is 0 Å². The Bertz CT molecular complexity index is 659. The van der Waals surface area contributed by atoms with Gasteiger partial charge in [-0.05, 0) is 47.1 Å². The molecule has 2 N–H and O–H groups in total. The summed E-state index contributed by atoms with van der Waals surface area (Å²) in [7, 11) is 1.78. The summed E-state index contributed by atoms with van der Waals surface area (Å²) in [6.07, 6.45) is 1.57. The normalized spacial score (nSPS) is 10.2. The summed E-state index contributed by atoms with van der Waals surface area (Å²) < 4.78 is 1.75. The Hall–Kier alpha value is -1.40. The van der Waals surface area contributed by atoms with Crippen LogP contribution in [-0.2, 0) is 0 Å². The first-order valence-electron chi connectivity index (χ1n) is 5.92. The Kier molecular flexibility index (Phi) is 4.77. The van der Waals surface area contributed by atoms with Crippen LogP contribution in [-0.4, -0.2) is 17.9 Å². The molecule has 0 unspecified atom stereocenters. The quantitative estimate of drug-likeness (QED) is 0.814. The maximum absolute atomic E-state index is 12.3. The Morgan fingerprint density at radius 1 is 1.20 bits per heavy atom. The second-order valence-electron chi connectivity index (χ2n) is 4.20. The number of nitrogens with one attached hydrogen (secondary N) is 2. The minimum Gasteiger partial charge on any atom is -0.387 e. The molecule has 1 aromatic heterocycles. The zero-order valence-electron chi connectivity index (χ0n) is 11.0. The van der Waals surface area contributed by atoms with Crippen LogP contribution in [0.3, 0.4) is 0 Å². The summed E-state index contributed by atoms with van der Waals surface area (Å²) in [6, 6.07) is 7.41. The highest BCUT2D eigenvalue weighted by Crippen LogP contribution is 2.27. The van der Waals surface area contributed by atoms with E-state index in [-0.39, 0.29) is 5.91 Å². The molecule has 104 valence electrons. The summed E-state index contributed by atoms with van der Waals surface area (Å²) in [5, 5.41) is 5.87. The van der Waals surface area contributed by atoms with E-state index in [0.717, 1.165) is 20.3 Å². The van der Waals surface area contributed by atoms with E-state index in [9.17, 15) is 4.79 Å². The fourth-order valence-electron chi connectivity index (χ4n) is 1.73. The van der Waals surface area contributed by atoms with Gasteiger partial charge in [-0.25, -0.2) is 0 Å². The topological polar surface area (TPSA) is 54.0 Å². The average molecular weight is 399 g/mol. The number of nitrogens with zero attached hydrogens (tertiary/aromatic N) is 1. The first-order chi connectivity index (χ1) is 9.51. The lowest BCUT2D eigenvalue weighted by atomic mass is 10.2. The molecule has 2 rings (SSSR count). The molecule has 0 atom stereocenters. The molecule has 0 radical (unpaired) electrons. The molecule has 0 aliphatic rings. The number of anilines is 2. The number of hydrogen-bond acceptors (Lipinski definition) is 3. The van der Waals surface area contributed by atoms with Crippen LogP contribution in [0.25, 0.3) is 0 Å². The van der Waals surface area contributed by atoms with E-state index in [2.05, 4.69) is 47.5 Å². The van der Waals surface area contributed by atoms with Crippen LogP contribution >= 0.6 is 31.9 Å². The van der Waals surface area contributed by atoms with E-state index >= 15 is 0 Å².